The van der Waals surface area contributed by atoms with Gasteiger partial charge < -0.3 is 10.6 Å². The summed E-state index contributed by atoms with van der Waals surface area (Å²) in [5, 5.41) is 6.91. The van der Waals surface area contributed by atoms with Crippen LogP contribution in [-0.4, -0.2) is 22.1 Å². The second-order valence-electron chi connectivity index (χ2n) is 6.08. The molecule has 26 heavy (non-hydrogen) atoms. The van der Waals surface area contributed by atoms with E-state index in [1.807, 2.05) is 68.4 Å². The second kappa shape index (κ2) is 7.13. The molecule has 0 aromatic heterocycles. The first-order valence-electron chi connectivity index (χ1n) is 8.33. The SMILES string of the molecule is CC[C@@]1(c2ccccc2)NC(=O)N(NC(=S)Nc2ccccc2C)C1=O. The lowest BCUT2D eigenvalue weighted by molar-refractivity contribution is -0.133. The molecule has 6 nitrogen and oxygen atoms in total. The summed E-state index contributed by atoms with van der Waals surface area (Å²) in [4.78, 5) is 25.4. The zero-order chi connectivity index (χ0) is 18.7. The number of para-hydroxylation sites is 1. The van der Waals surface area contributed by atoms with Gasteiger partial charge in [0, 0.05) is 5.69 Å². The Morgan fingerprint density at radius 1 is 1.12 bits per heavy atom. The Morgan fingerprint density at radius 2 is 1.77 bits per heavy atom. The zero-order valence-electron chi connectivity index (χ0n) is 14.6. The van der Waals surface area contributed by atoms with E-state index in [0.29, 0.717) is 6.42 Å². The molecule has 3 N–H and O–H groups in total. The van der Waals surface area contributed by atoms with Crippen LogP contribution in [0.2, 0.25) is 0 Å². The maximum Gasteiger partial charge on any atom is 0.344 e. The Labute approximate surface area is 157 Å². The normalized spacial score (nSPS) is 19.2. The molecule has 1 fully saturated rings. The molecule has 3 rings (SSSR count). The van der Waals surface area contributed by atoms with E-state index >= 15 is 0 Å². The smallest absolute Gasteiger partial charge is 0.331 e. The molecule has 0 radical (unpaired) electrons. The van der Waals surface area contributed by atoms with Crippen molar-refractivity contribution < 1.29 is 9.59 Å². The van der Waals surface area contributed by atoms with Crippen LogP contribution in [0.4, 0.5) is 10.5 Å². The summed E-state index contributed by atoms with van der Waals surface area (Å²) in [6.45, 7) is 3.80. The van der Waals surface area contributed by atoms with Crippen molar-refractivity contribution in [3.8, 4) is 0 Å². The molecule has 0 bridgehead atoms. The van der Waals surface area contributed by atoms with E-state index < -0.39 is 11.6 Å². The lowest BCUT2D eigenvalue weighted by Gasteiger charge is -2.25. The van der Waals surface area contributed by atoms with Crippen LogP contribution < -0.4 is 16.1 Å². The summed E-state index contributed by atoms with van der Waals surface area (Å²) in [5.41, 5.74) is 4.16. The summed E-state index contributed by atoms with van der Waals surface area (Å²) in [6.07, 6.45) is 0.428. The van der Waals surface area contributed by atoms with Gasteiger partial charge in [-0.1, -0.05) is 55.5 Å². The molecule has 134 valence electrons. The minimum Gasteiger partial charge on any atom is -0.331 e. The average molecular weight is 368 g/mol. The topological polar surface area (TPSA) is 73.5 Å². The Hall–Kier alpha value is -2.93. The van der Waals surface area contributed by atoms with Crippen molar-refractivity contribution in [2.75, 3.05) is 5.32 Å². The number of rotatable bonds is 4. The van der Waals surface area contributed by atoms with Gasteiger partial charge in [0.2, 0.25) is 0 Å². The molecule has 1 saturated heterocycles. The first kappa shape index (κ1) is 17.9. The molecule has 1 aliphatic rings. The number of benzene rings is 2. The summed E-state index contributed by atoms with van der Waals surface area (Å²) in [6, 6.07) is 16.3. The van der Waals surface area contributed by atoms with E-state index in [2.05, 4.69) is 16.1 Å². The van der Waals surface area contributed by atoms with E-state index in [1.165, 1.54) is 0 Å². The van der Waals surface area contributed by atoms with Gasteiger partial charge in [0.1, 0.15) is 5.54 Å². The third-order valence-electron chi connectivity index (χ3n) is 4.50. The van der Waals surface area contributed by atoms with Crippen molar-refractivity contribution in [2.45, 2.75) is 25.8 Å². The Kier molecular flexibility index (Phi) is 4.90. The highest BCUT2D eigenvalue weighted by molar-refractivity contribution is 7.80. The van der Waals surface area contributed by atoms with Crippen LogP contribution in [0.25, 0.3) is 0 Å². The van der Waals surface area contributed by atoms with Gasteiger partial charge >= 0.3 is 6.03 Å². The fourth-order valence-corrected chi connectivity index (χ4v) is 3.20. The summed E-state index contributed by atoms with van der Waals surface area (Å²) in [7, 11) is 0. The van der Waals surface area contributed by atoms with Crippen LogP contribution in [-0.2, 0) is 10.3 Å². The van der Waals surface area contributed by atoms with Crippen LogP contribution in [0.15, 0.2) is 54.6 Å². The number of urea groups is 1. The zero-order valence-corrected chi connectivity index (χ0v) is 15.4. The molecule has 2 aromatic rings. The number of thiocarbonyl (C=S) groups is 1. The Bertz CT molecular complexity index is 856. The fraction of sp³-hybridized carbons (Fsp3) is 0.211. The lowest BCUT2D eigenvalue weighted by Crippen LogP contribution is -2.49. The number of amides is 3. The highest BCUT2D eigenvalue weighted by Crippen LogP contribution is 2.31. The molecule has 0 spiro atoms. The van der Waals surface area contributed by atoms with Gasteiger partial charge in [-0.2, -0.15) is 5.01 Å². The van der Waals surface area contributed by atoms with Crippen LogP contribution in [0, 0.1) is 6.92 Å². The minimum atomic E-state index is -1.09. The van der Waals surface area contributed by atoms with Gasteiger partial charge in [-0.3, -0.25) is 10.2 Å². The lowest BCUT2D eigenvalue weighted by atomic mass is 9.87. The van der Waals surface area contributed by atoms with Crippen molar-refractivity contribution in [1.82, 2.24) is 15.8 Å². The number of aryl methyl sites for hydroxylation is 1. The van der Waals surface area contributed by atoms with E-state index in [-0.39, 0.29) is 11.0 Å². The third-order valence-corrected chi connectivity index (χ3v) is 4.69. The fourth-order valence-electron chi connectivity index (χ4n) is 3.00. The summed E-state index contributed by atoms with van der Waals surface area (Å²) < 4.78 is 0. The number of hydrogen-bond donors (Lipinski definition) is 3. The number of hydrazine groups is 1. The predicted octanol–water partition coefficient (Wildman–Crippen LogP) is 3.05. The van der Waals surface area contributed by atoms with Crippen molar-refractivity contribution >= 4 is 35.0 Å². The molecule has 7 heteroatoms. The molecular formula is C19H20N4O2S. The maximum atomic E-state index is 13.0. The predicted molar refractivity (Wildman–Crippen MR) is 104 cm³/mol. The third kappa shape index (κ3) is 3.13. The van der Waals surface area contributed by atoms with Gasteiger partial charge in [0.25, 0.3) is 5.91 Å². The van der Waals surface area contributed by atoms with Crippen molar-refractivity contribution in [3.63, 3.8) is 0 Å². The maximum absolute atomic E-state index is 13.0. The van der Waals surface area contributed by atoms with E-state index in [1.54, 1.807) is 0 Å². The Balaban J connectivity index is 1.79. The van der Waals surface area contributed by atoms with Crippen LogP contribution >= 0.6 is 12.2 Å². The number of carbonyl (C=O) groups is 2. The van der Waals surface area contributed by atoms with Gasteiger partial charge in [-0.25, -0.2) is 4.79 Å². The number of nitrogens with zero attached hydrogens (tertiary/aromatic N) is 1. The van der Waals surface area contributed by atoms with Crippen LogP contribution in [0.3, 0.4) is 0 Å². The average Bonchev–Trinajstić information content (AvgIpc) is 2.89. The van der Waals surface area contributed by atoms with Crippen molar-refractivity contribution in [3.05, 3.63) is 65.7 Å². The van der Waals surface area contributed by atoms with E-state index in [0.717, 1.165) is 21.8 Å². The quantitative estimate of drug-likeness (QED) is 0.571. The number of imide groups is 1. The number of carbonyl (C=O) groups excluding carboxylic acids is 2. The molecule has 0 unspecified atom stereocenters. The van der Waals surface area contributed by atoms with Gasteiger partial charge in [0.05, 0.1) is 0 Å². The molecule has 1 atom stereocenters. The van der Waals surface area contributed by atoms with Crippen LogP contribution in [0.1, 0.15) is 24.5 Å². The molecule has 3 amide bonds. The molecule has 0 aliphatic carbocycles. The second-order valence-corrected chi connectivity index (χ2v) is 6.48. The highest BCUT2D eigenvalue weighted by Gasteiger charge is 2.51. The molecule has 1 heterocycles. The first-order chi connectivity index (χ1) is 12.5. The molecule has 0 saturated carbocycles. The van der Waals surface area contributed by atoms with E-state index in [4.69, 9.17) is 12.2 Å². The van der Waals surface area contributed by atoms with Crippen molar-refractivity contribution in [1.29, 1.82) is 0 Å². The standard InChI is InChI=1S/C19H20N4O2S/c1-3-19(14-10-5-4-6-11-14)16(24)23(18(25)21-19)22-17(26)20-15-12-8-7-9-13(15)2/h4-12H,3H2,1-2H3,(H,21,25)(H2,20,22,26)/t19-/m0/s1. The Morgan fingerprint density at radius 3 is 2.42 bits per heavy atom. The van der Waals surface area contributed by atoms with Gasteiger partial charge in [0.15, 0.2) is 5.11 Å². The largest absolute Gasteiger partial charge is 0.344 e. The molecule has 2 aromatic carbocycles. The number of anilines is 1. The van der Waals surface area contributed by atoms with Gasteiger partial charge in [-0.05, 0) is 42.8 Å². The van der Waals surface area contributed by atoms with Gasteiger partial charge in [-0.15, -0.1) is 0 Å². The monoisotopic (exact) mass is 368 g/mol. The number of hydrogen-bond acceptors (Lipinski definition) is 3. The van der Waals surface area contributed by atoms with Crippen molar-refractivity contribution in [2.24, 2.45) is 0 Å². The minimum absolute atomic E-state index is 0.169. The summed E-state index contributed by atoms with van der Waals surface area (Å²) in [5.74, 6) is -0.384. The molecule has 1 aliphatic heterocycles. The number of nitrogens with one attached hydrogen (secondary N) is 3. The van der Waals surface area contributed by atoms with E-state index in [9.17, 15) is 9.59 Å². The molecular weight excluding hydrogens is 348 g/mol. The van der Waals surface area contributed by atoms with Crippen LogP contribution in [0.5, 0.6) is 0 Å². The highest BCUT2D eigenvalue weighted by atomic mass is 32.1. The first-order valence-corrected chi connectivity index (χ1v) is 8.74. The summed E-state index contributed by atoms with van der Waals surface area (Å²) >= 11 is 5.27.